The molecular weight excluding hydrogens is 378 g/mol. The molecule has 1 aliphatic heterocycles. The summed E-state index contributed by atoms with van der Waals surface area (Å²) >= 11 is 0. The van der Waals surface area contributed by atoms with Crippen LogP contribution in [-0.2, 0) is 10.2 Å². The molecule has 1 aromatic heterocycles. The number of pyridine rings is 1. The minimum absolute atomic E-state index is 0.144. The van der Waals surface area contributed by atoms with E-state index >= 15 is 0 Å². The van der Waals surface area contributed by atoms with Crippen LogP contribution < -0.4 is 5.32 Å². The van der Waals surface area contributed by atoms with Crippen molar-refractivity contribution in [3.05, 3.63) is 66.0 Å². The van der Waals surface area contributed by atoms with E-state index in [0.717, 1.165) is 52.0 Å². The van der Waals surface area contributed by atoms with Crippen LogP contribution in [0.2, 0.25) is 0 Å². The number of aliphatic hydroxyl groups is 1. The van der Waals surface area contributed by atoms with Gasteiger partial charge in [0, 0.05) is 37.3 Å². The van der Waals surface area contributed by atoms with Crippen LogP contribution in [0.4, 0.5) is 0 Å². The third-order valence-electron chi connectivity index (χ3n) is 6.67. The van der Waals surface area contributed by atoms with E-state index in [0.29, 0.717) is 12.2 Å². The van der Waals surface area contributed by atoms with Crippen molar-refractivity contribution in [2.24, 2.45) is 0 Å². The molecule has 30 heavy (non-hydrogen) atoms. The van der Waals surface area contributed by atoms with Gasteiger partial charge in [0.25, 0.3) is 5.91 Å². The van der Waals surface area contributed by atoms with E-state index < -0.39 is 0 Å². The molecule has 2 aliphatic rings. The summed E-state index contributed by atoms with van der Waals surface area (Å²) in [4.78, 5) is 19.2. The summed E-state index contributed by atoms with van der Waals surface area (Å²) in [6.07, 6.45) is 4.64. The van der Waals surface area contributed by atoms with Gasteiger partial charge in [-0.2, -0.15) is 0 Å². The van der Waals surface area contributed by atoms with Crippen molar-refractivity contribution in [3.8, 4) is 0 Å². The lowest BCUT2D eigenvalue weighted by Crippen LogP contribution is -2.48. The Morgan fingerprint density at radius 3 is 2.57 bits per heavy atom. The van der Waals surface area contributed by atoms with E-state index in [-0.39, 0.29) is 23.5 Å². The average Bonchev–Trinajstić information content (AvgIpc) is 2.99. The molecule has 2 aromatic rings. The van der Waals surface area contributed by atoms with Crippen LogP contribution in [0.1, 0.15) is 41.7 Å². The Kier molecular flexibility index (Phi) is 6.77. The summed E-state index contributed by atoms with van der Waals surface area (Å²) in [5.74, 6) is -0.152. The molecule has 0 bridgehead atoms. The normalized spacial score (nSPS) is 27.9. The van der Waals surface area contributed by atoms with Crippen LogP contribution in [0.5, 0.6) is 0 Å². The molecule has 160 valence electrons. The number of carbonyl (C=O) groups excluding carboxylic acids is 1. The summed E-state index contributed by atoms with van der Waals surface area (Å²) in [5, 5.41) is 14.1. The highest BCUT2D eigenvalue weighted by molar-refractivity contribution is 5.92. The number of nitrogens with one attached hydrogen (secondary N) is 1. The van der Waals surface area contributed by atoms with E-state index in [4.69, 9.17) is 4.74 Å². The van der Waals surface area contributed by atoms with Gasteiger partial charge in [-0.25, -0.2) is 0 Å². The fraction of sp³-hybridized carbons (Fsp3) is 0.500. The van der Waals surface area contributed by atoms with Gasteiger partial charge in [0.05, 0.1) is 19.3 Å². The number of nitrogens with zero attached hydrogens (tertiary/aromatic N) is 2. The number of rotatable bonds is 5. The summed E-state index contributed by atoms with van der Waals surface area (Å²) < 4.78 is 5.50. The van der Waals surface area contributed by atoms with E-state index in [1.807, 2.05) is 12.1 Å². The van der Waals surface area contributed by atoms with Crippen molar-refractivity contribution in [1.82, 2.24) is 15.2 Å². The maximum Gasteiger partial charge on any atom is 0.269 e. The van der Waals surface area contributed by atoms with E-state index in [9.17, 15) is 9.90 Å². The largest absolute Gasteiger partial charge is 0.391 e. The minimum Gasteiger partial charge on any atom is -0.391 e. The van der Waals surface area contributed by atoms with E-state index in [2.05, 4.69) is 39.5 Å². The molecule has 0 radical (unpaired) electrons. The van der Waals surface area contributed by atoms with Crippen LogP contribution in [-0.4, -0.2) is 65.9 Å². The third kappa shape index (κ3) is 4.72. The number of ether oxygens (including phenoxy) is 1. The third-order valence-corrected chi connectivity index (χ3v) is 6.67. The smallest absolute Gasteiger partial charge is 0.269 e. The Morgan fingerprint density at radius 2 is 1.83 bits per heavy atom. The maximum atomic E-state index is 12.7. The van der Waals surface area contributed by atoms with Crippen molar-refractivity contribution in [1.29, 1.82) is 0 Å². The number of benzene rings is 1. The number of amides is 1. The first-order chi connectivity index (χ1) is 14.7. The highest BCUT2D eigenvalue weighted by Gasteiger charge is 2.40. The number of morpholine rings is 1. The first-order valence-corrected chi connectivity index (χ1v) is 10.9. The lowest BCUT2D eigenvalue weighted by Gasteiger charge is -2.37. The molecule has 1 aromatic carbocycles. The van der Waals surface area contributed by atoms with Gasteiger partial charge in [0.15, 0.2) is 0 Å². The van der Waals surface area contributed by atoms with Gasteiger partial charge in [0.1, 0.15) is 5.69 Å². The second kappa shape index (κ2) is 9.69. The van der Waals surface area contributed by atoms with Gasteiger partial charge >= 0.3 is 0 Å². The zero-order valence-corrected chi connectivity index (χ0v) is 17.4. The highest BCUT2D eigenvalue weighted by atomic mass is 16.5. The molecule has 6 heteroatoms. The molecule has 2 N–H and O–H groups in total. The topological polar surface area (TPSA) is 74.7 Å². The van der Waals surface area contributed by atoms with Crippen LogP contribution in [0.3, 0.4) is 0 Å². The highest BCUT2D eigenvalue weighted by Crippen LogP contribution is 2.39. The summed E-state index contributed by atoms with van der Waals surface area (Å²) in [6, 6.07) is 15.9. The predicted octanol–water partition coefficient (Wildman–Crippen LogP) is 2.39. The molecule has 1 saturated heterocycles. The average molecular weight is 410 g/mol. The maximum absolute atomic E-state index is 12.7. The molecular formula is C24H31N3O3. The van der Waals surface area contributed by atoms with E-state index in [1.165, 1.54) is 5.56 Å². The molecule has 1 amide bonds. The Hall–Kier alpha value is -2.28. The lowest BCUT2D eigenvalue weighted by molar-refractivity contribution is -0.0236. The number of hydrogen-bond donors (Lipinski definition) is 2. The van der Waals surface area contributed by atoms with Gasteiger partial charge in [-0.1, -0.05) is 36.4 Å². The van der Waals surface area contributed by atoms with Gasteiger partial charge < -0.3 is 15.2 Å². The van der Waals surface area contributed by atoms with Crippen molar-refractivity contribution >= 4 is 5.91 Å². The van der Waals surface area contributed by atoms with Crippen LogP contribution >= 0.6 is 0 Å². The van der Waals surface area contributed by atoms with Crippen molar-refractivity contribution < 1.29 is 14.6 Å². The number of carbonyl (C=O) groups is 1. The van der Waals surface area contributed by atoms with E-state index in [1.54, 1.807) is 18.3 Å². The molecule has 0 unspecified atom stereocenters. The standard InChI is InChI=1S/C24H31N3O3/c28-22-10-12-24(19-6-2-1-3-7-19,11-9-21(22)27-14-16-30-17-15-27)18-26-23(29)20-8-4-5-13-25-20/h1-8,13,21-22,28H,9-12,14-18H2,(H,26,29)/t21-,22-,24-/m1/s1. The fourth-order valence-electron chi connectivity index (χ4n) is 4.89. The molecule has 4 rings (SSSR count). The first-order valence-electron chi connectivity index (χ1n) is 10.9. The quantitative estimate of drug-likeness (QED) is 0.742. The molecule has 2 fully saturated rings. The Balaban J connectivity index is 1.53. The first kappa shape index (κ1) is 21.0. The van der Waals surface area contributed by atoms with Crippen LogP contribution in [0, 0.1) is 0 Å². The Morgan fingerprint density at radius 1 is 1.10 bits per heavy atom. The van der Waals surface area contributed by atoms with Crippen molar-refractivity contribution in [2.45, 2.75) is 43.2 Å². The SMILES string of the molecule is O=C(NC[C@]1(c2ccccc2)CC[C@@H](O)[C@H](N2CCOCC2)CC1)c1ccccn1. The number of aliphatic hydroxyl groups excluding tert-OH is 1. The fourth-order valence-corrected chi connectivity index (χ4v) is 4.89. The summed E-state index contributed by atoms with van der Waals surface area (Å²) in [5.41, 5.74) is 1.45. The van der Waals surface area contributed by atoms with Crippen LogP contribution in [0.25, 0.3) is 0 Å². The predicted molar refractivity (Wildman–Crippen MR) is 115 cm³/mol. The van der Waals surface area contributed by atoms with Gasteiger partial charge in [-0.3, -0.25) is 14.7 Å². The van der Waals surface area contributed by atoms with Gasteiger partial charge in [-0.15, -0.1) is 0 Å². The Labute approximate surface area is 178 Å². The zero-order valence-electron chi connectivity index (χ0n) is 17.4. The Bertz CT molecular complexity index is 811. The second-order valence-electron chi connectivity index (χ2n) is 8.40. The molecule has 1 saturated carbocycles. The molecule has 6 nitrogen and oxygen atoms in total. The zero-order chi connectivity index (χ0) is 20.8. The number of hydrogen-bond acceptors (Lipinski definition) is 5. The monoisotopic (exact) mass is 409 g/mol. The summed E-state index contributed by atoms with van der Waals surface area (Å²) in [6.45, 7) is 3.74. The van der Waals surface area contributed by atoms with Crippen LogP contribution in [0.15, 0.2) is 54.7 Å². The molecule has 0 spiro atoms. The van der Waals surface area contributed by atoms with Crippen molar-refractivity contribution in [2.75, 3.05) is 32.8 Å². The second-order valence-corrected chi connectivity index (χ2v) is 8.40. The molecule has 2 heterocycles. The lowest BCUT2D eigenvalue weighted by atomic mass is 9.74. The minimum atomic E-state index is -0.361. The molecule has 3 atom stereocenters. The van der Waals surface area contributed by atoms with Gasteiger partial charge in [-0.05, 0) is 43.4 Å². The van der Waals surface area contributed by atoms with Crippen molar-refractivity contribution in [3.63, 3.8) is 0 Å². The molecule has 1 aliphatic carbocycles. The van der Waals surface area contributed by atoms with Gasteiger partial charge in [0.2, 0.25) is 0 Å². The summed E-state index contributed by atoms with van der Waals surface area (Å²) in [7, 11) is 0. The number of aromatic nitrogens is 1.